The van der Waals surface area contributed by atoms with Crippen LogP contribution in [0.1, 0.15) is 22.3 Å². The van der Waals surface area contributed by atoms with Gasteiger partial charge in [0, 0.05) is 35.8 Å². The molecule has 0 aliphatic carbocycles. The molecule has 0 fully saturated rings. The van der Waals surface area contributed by atoms with Crippen molar-refractivity contribution in [3.63, 3.8) is 0 Å². The van der Waals surface area contributed by atoms with E-state index in [4.69, 9.17) is 0 Å². The third kappa shape index (κ3) is 4.73. The number of nitrogens with zero attached hydrogens (tertiary/aromatic N) is 2. The Morgan fingerprint density at radius 3 is 2.42 bits per heavy atom. The normalized spacial score (nSPS) is 11.3. The van der Waals surface area contributed by atoms with Gasteiger partial charge in [0.05, 0.1) is 0 Å². The lowest BCUT2D eigenvalue weighted by Gasteiger charge is -2.06. The highest BCUT2D eigenvalue weighted by molar-refractivity contribution is 6.04. The van der Waals surface area contributed by atoms with Gasteiger partial charge in [-0.05, 0) is 30.2 Å². The first-order valence-electron chi connectivity index (χ1n) is 10.2. The lowest BCUT2D eigenvalue weighted by Crippen LogP contribution is -2.23. The number of aryl methyl sites for hydroxylation is 1. The molecule has 0 spiro atoms. The van der Waals surface area contributed by atoms with Crippen LogP contribution in [0.25, 0.3) is 17.0 Å². The molecule has 0 aliphatic heterocycles. The highest BCUT2D eigenvalue weighted by atomic mass is 16.1. The van der Waals surface area contributed by atoms with Crippen LogP contribution in [0.15, 0.2) is 90.6 Å². The van der Waals surface area contributed by atoms with Gasteiger partial charge < -0.3 is 9.88 Å². The van der Waals surface area contributed by atoms with E-state index < -0.39 is 0 Å². The average Bonchev–Trinajstić information content (AvgIpc) is 3.15. The molecular weight excluding hydrogens is 382 g/mol. The number of para-hydroxylation sites is 1. The number of nitriles is 1. The van der Waals surface area contributed by atoms with Crippen molar-refractivity contribution in [2.24, 2.45) is 0 Å². The molecule has 4 aromatic rings. The zero-order valence-corrected chi connectivity index (χ0v) is 17.4. The first-order chi connectivity index (χ1) is 15.1. The largest absolute Gasteiger partial charge is 0.347 e. The molecule has 0 unspecified atom stereocenters. The molecule has 1 aromatic heterocycles. The molecule has 0 bridgehead atoms. The molecule has 0 aliphatic rings. The second-order valence-electron chi connectivity index (χ2n) is 7.55. The molecule has 3 aromatic carbocycles. The Hall–Kier alpha value is -4.10. The average molecular weight is 406 g/mol. The Morgan fingerprint density at radius 2 is 1.68 bits per heavy atom. The molecule has 0 radical (unpaired) electrons. The maximum Gasteiger partial charge on any atom is 0.262 e. The van der Waals surface area contributed by atoms with Crippen LogP contribution in [-0.4, -0.2) is 10.5 Å². The molecule has 152 valence electrons. The fourth-order valence-electron chi connectivity index (χ4n) is 3.59. The number of rotatable bonds is 6. The zero-order chi connectivity index (χ0) is 21.6. The van der Waals surface area contributed by atoms with Crippen LogP contribution < -0.4 is 5.32 Å². The maximum absolute atomic E-state index is 12.6. The third-order valence-electron chi connectivity index (χ3n) is 5.25. The van der Waals surface area contributed by atoms with Crippen LogP contribution in [0.4, 0.5) is 0 Å². The van der Waals surface area contributed by atoms with Gasteiger partial charge in [-0.25, -0.2) is 0 Å². The van der Waals surface area contributed by atoms with Crippen molar-refractivity contribution in [2.45, 2.75) is 20.0 Å². The summed E-state index contributed by atoms with van der Waals surface area (Å²) in [6, 6.07) is 28.2. The monoisotopic (exact) mass is 405 g/mol. The van der Waals surface area contributed by atoms with Gasteiger partial charge >= 0.3 is 0 Å². The summed E-state index contributed by atoms with van der Waals surface area (Å²) >= 11 is 0. The number of aromatic nitrogens is 1. The highest BCUT2D eigenvalue weighted by Crippen LogP contribution is 2.24. The first kappa shape index (κ1) is 20.2. The maximum atomic E-state index is 12.6. The summed E-state index contributed by atoms with van der Waals surface area (Å²) < 4.78 is 2.16. The summed E-state index contributed by atoms with van der Waals surface area (Å²) in [4.78, 5) is 12.6. The van der Waals surface area contributed by atoms with Gasteiger partial charge in [-0.1, -0.05) is 78.4 Å². The van der Waals surface area contributed by atoms with E-state index in [0.29, 0.717) is 6.54 Å². The number of nitrogens with one attached hydrogen (secondary N) is 1. The van der Waals surface area contributed by atoms with Crippen molar-refractivity contribution in [1.82, 2.24) is 9.88 Å². The van der Waals surface area contributed by atoms with Crippen LogP contribution >= 0.6 is 0 Å². The fraction of sp³-hybridized carbons (Fsp3) is 0.111. The van der Waals surface area contributed by atoms with Gasteiger partial charge in [-0.15, -0.1) is 0 Å². The second kappa shape index (κ2) is 9.15. The quantitative estimate of drug-likeness (QED) is 0.353. The second-order valence-corrected chi connectivity index (χ2v) is 7.55. The van der Waals surface area contributed by atoms with Crippen molar-refractivity contribution in [2.75, 3.05) is 0 Å². The number of amides is 1. The van der Waals surface area contributed by atoms with E-state index in [0.717, 1.165) is 28.6 Å². The van der Waals surface area contributed by atoms with Crippen LogP contribution in [0, 0.1) is 18.3 Å². The van der Waals surface area contributed by atoms with E-state index in [-0.39, 0.29) is 11.5 Å². The van der Waals surface area contributed by atoms with Gasteiger partial charge in [-0.2, -0.15) is 5.26 Å². The molecule has 1 amide bonds. The molecule has 1 heterocycles. The highest BCUT2D eigenvalue weighted by Gasteiger charge is 2.12. The molecule has 4 heteroatoms. The van der Waals surface area contributed by atoms with Gasteiger partial charge in [0.1, 0.15) is 11.6 Å². The molecule has 4 rings (SSSR count). The number of hydrogen-bond donors (Lipinski definition) is 1. The molecular formula is C27H23N3O. The summed E-state index contributed by atoms with van der Waals surface area (Å²) in [5.74, 6) is -0.373. The number of fused-ring (bicyclic) bond motifs is 1. The van der Waals surface area contributed by atoms with E-state index in [1.165, 1.54) is 11.1 Å². The number of benzene rings is 3. The van der Waals surface area contributed by atoms with Crippen LogP contribution in [0.2, 0.25) is 0 Å². The van der Waals surface area contributed by atoms with Crippen molar-refractivity contribution in [3.8, 4) is 6.07 Å². The minimum atomic E-state index is -0.373. The fourth-order valence-corrected chi connectivity index (χ4v) is 3.59. The van der Waals surface area contributed by atoms with Gasteiger partial charge in [0.25, 0.3) is 5.91 Å². The zero-order valence-electron chi connectivity index (χ0n) is 17.4. The predicted molar refractivity (Wildman–Crippen MR) is 124 cm³/mol. The molecule has 1 N–H and O–H groups in total. The Kier molecular flexibility index (Phi) is 5.96. The Bertz CT molecular complexity index is 1280. The summed E-state index contributed by atoms with van der Waals surface area (Å²) in [5.41, 5.74) is 5.43. The molecule has 0 saturated carbocycles. The predicted octanol–water partition coefficient (Wildman–Crippen LogP) is 5.22. The van der Waals surface area contributed by atoms with E-state index in [1.807, 2.05) is 54.7 Å². The van der Waals surface area contributed by atoms with Crippen LogP contribution in [0.5, 0.6) is 0 Å². The summed E-state index contributed by atoms with van der Waals surface area (Å²) in [7, 11) is 0. The Morgan fingerprint density at radius 1 is 0.968 bits per heavy atom. The minimum Gasteiger partial charge on any atom is -0.347 e. The first-order valence-corrected chi connectivity index (χ1v) is 10.2. The summed E-state index contributed by atoms with van der Waals surface area (Å²) in [6.45, 7) is 3.18. The van der Waals surface area contributed by atoms with E-state index in [9.17, 15) is 10.1 Å². The molecule has 0 atom stereocenters. The number of carbonyl (C=O) groups is 1. The molecule has 4 nitrogen and oxygen atoms in total. The minimum absolute atomic E-state index is 0.0918. The van der Waals surface area contributed by atoms with Crippen molar-refractivity contribution >= 4 is 22.9 Å². The van der Waals surface area contributed by atoms with Crippen molar-refractivity contribution < 1.29 is 4.79 Å². The van der Waals surface area contributed by atoms with Crippen molar-refractivity contribution in [1.29, 1.82) is 5.26 Å². The van der Waals surface area contributed by atoms with Crippen LogP contribution in [0.3, 0.4) is 0 Å². The lowest BCUT2D eigenvalue weighted by atomic mass is 10.1. The number of carbonyl (C=O) groups excluding carboxylic acids is 1. The smallest absolute Gasteiger partial charge is 0.262 e. The van der Waals surface area contributed by atoms with Crippen LogP contribution in [-0.2, 0) is 17.9 Å². The SMILES string of the molecule is Cc1ccc(Cn2cc(C=C(C#N)C(=O)NCc3ccccc3)c3ccccc32)cc1. The van der Waals surface area contributed by atoms with Gasteiger partial charge in [-0.3, -0.25) is 4.79 Å². The van der Waals surface area contributed by atoms with E-state index in [2.05, 4.69) is 53.2 Å². The van der Waals surface area contributed by atoms with Gasteiger partial charge in [0.15, 0.2) is 0 Å². The topological polar surface area (TPSA) is 57.8 Å². The van der Waals surface area contributed by atoms with E-state index >= 15 is 0 Å². The Balaban J connectivity index is 1.61. The van der Waals surface area contributed by atoms with Crippen molar-refractivity contribution in [3.05, 3.63) is 113 Å². The molecule has 0 saturated heterocycles. The third-order valence-corrected chi connectivity index (χ3v) is 5.25. The number of hydrogen-bond acceptors (Lipinski definition) is 2. The standard InChI is InChI=1S/C27H23N3O/c1-20-11-13-22(14-12-20)18-30-19-24(25-9-5-6-10-26(25)30)15-23(16-28)27(31)29-17-21-7-3-2-4-8-21/h2-15,19H,17-18H2,1H3,(H,29,31). The Labute approximate surface area is 182 Å². The summed E-state index contributed by atoms with van der Waals surface area (Å²) in [6.07, 6.45) is 3.68. The van der Waals surface area contributed by atoms with Gasteiger partial charge in [0.2, 0.25) is 0 Å². The van der Waals surface area contributed by atoms with E-state index in [1.54, 1.807) is 6.08 Å². The molecule has 31 heavy (non-hydrogen) atoms. The lowest BCUT2D eigenvalue weighted by molar-refractivity contribution is -0.117. The summed E-state index contributed by atoms with van der Waals surface area (Å²) in [5, 5.41) is 13.5.